The van der Waals surface area contributed by atoms with Crippen molar-refractivity contribution >= 4 is 28.0 Å². The molecular formula is C25H23F2N7O3. The molecule has 5 rings (SSSR count). The average molecular weight is 508 g/mol. The number of nitrogens with zero attached hydrogens (tertiary/aromatic N) is 5. The first-order chi connectivity index (χ1) is 17.7. The van der Waals surface area contributed by atoms with Crippen molar-refractivity contribution in [2.75, 3.05) is 27.2 Å². The summed E-state index contributed by atoms with van der Waals surface area (Å²) in [5, 5.41) is 7.04. The number of hydrogen-bond donors (Lipinski definition) is 2. The normalized spacial score (nSPS) is 11.6. The van der Waals surface area contributed by atoms with Crippen molar-refractivity contribution < 1.29 is 18.3 Å². The Kier molecular flexibility index (Phi) is 6.25. The molecule has 2 N–H and O–H groups in total. The Morgan fingerprint density at radius 3 is 2.78 bits per heavy atom. The Morgan fingerprint density at radius 2 is 2.03 bits per heavy atom. The quantitative estimate of drug-likeness (QED) is 0.257. The van der Waals surface area contributed by atoms with Gasteiger partial charge in [0.25, 0.3) is 5.56 Å². The van der Waals surface area contributed by atoms with Gasteiger partial charge in [-0.15, -0.1) is 0 Å². The highest BCUT2D eigenvalue weighted by molar-refractivity contribution is 6.07. The number of likely N-dealkylation sites (N-methyl/N-ethyl adjacent to an activating group) is 1. The van der Waals surface area contributed by atoms with E-state index in [0.29, 0.717) is 11.9 Å². The molecule has 5 heterocycles. The molecule has 0 saturated carbocycles. The number of carbonyl (C=O) groups excluding carboxylic acids is 1. The molecule has 0 spiro atoms. The number of aryl methyl sites for hydroxylation is 1. The Hall–Kier alpha value is -4.45. The number of fused-ring (bicyclic) bond motifs is 2. The van der Waals surface area contributed by atoms with Crippen LogP contribution in [0.5, 0.6) is 0 Å². The van der Waals surface area contributed by atoms with Crippen LogP contribution in [-0.2, 0) is 11.3 Å². The van der Waals surface area contributed by atoms with Crippen molar-refractivity contribution in [3.8, 4) is 11.1 Å². The fraction of sp³-hybridized carbons (Fsp3) is 0.240. The van der Waals surface area contributed by atoms with Crippen LogP contribution < -0.4 is 5.56 Å². The van der Waals surface area contributed by atoms with Crippen LogP contribution in [0.25, 0.3) is 33.2 Å². The number of hydrogen-bond acceptors (Lipinski definition) is 7. The Bertz CT molecular complexity index is 1700. The Balaban J connectivity index is 1.78. The molecule has 0 radical (unpaired) electrons. The van der Waals surface area contributed by atoms with E-state index in [1.54, 1.807) is 12.1 Å². The highest BCUT2D eigenvalue weighted by Gasteiger charge is 2.29. The van der Waals surface area contributed by atoms with Gasteiger partial charge < -0.3 is 19.2 Å². The van der Waals surface area contributed by atoms with Gasteiger partial charge in [-0.05, 0) is 39.2 Å². The standard InChI is InChI=1S/C25H23F2N7O3/c1-13-17(26)10-18-20(30-13)19(16-5-4-6-28-24(16)35)21(25(36)37-8-7-33(2)3)34(18)12-15-9-14-11-29-32-23(14)31-22(15)27/h4-6,9-11H,7-8,12H2,1-3H3,(H,28,35)(H,29,31,32). The third kappa shape index (κ3) is 4.47. The number of nitrogens with one attached hydrogen (secondary N) is 2. The zero-order valence-electron chi connectivity index (χ0n) is 20.3. The number of H-pyrrole nitrogens is 2. The van der Waals surface area contributed by atoms with E-state index in [4.69, 9.17) is 4.74 Å². The fourth-order valence-corrected chi connectivity index (χ4v) is 4.15. The summed E-state index contributed by atoms with van der Waals surface area (Å²) in [5.74, 6) is -2.16. The van der Waals surface area contributed by atoms with Crippen LogP contribution in [0.4, 0.5) is 8.78 Å². The molecule has 0 aromatic carbocycles. The van der Waals surface area contributed by atoms with Gasteiger partial charge in [-0.1, -0.05) is 0 Å². The minimum atomic E-state index is -0.787. The second kappa shape index (κ2) is 9.54. The maximum Gasteiger partial charge on any atom is 0.355 e. The lowest BCUT2D eigenvalue weighted by Crippen LogP contribution is -2.22. The number of aromatic nitrogens is 6. The molecule has 0 saturated heterocycles. The first-order valence-electron chi connectivity index (χ1n) is 11.4. The lowest BCUT2D eigenvalue weighted by molar-refractivity contribution is 0.0471. The topological polar surface area (TPSA) is 122 Å². The van der Waals surface area contributed by atoms with Crippen molar-refractivity contribution in [2.45, 2.75) is 13.5 Å². The van der Waals surface area contributed by atoms with E-state index in [-0.39, 0.29) is 57.9 Å². The summed E-state index contributed by atoms with van der Waals surface area (Å²) in [6.45, 7) is 1.80. The lowest BCUT2D eigenvalue weighted by Gasteiger charge is -2.14. The molecule has 37 heavy (non-hydrogen) atoms. The summed E-state index contributed by atoms with van der Waals surface area (Å²) in [4.78, 5) is 39.1. The van der Waals surface area contributed by atoms with Crippen LogP contribution >= 0.6 is 0 Å². The van der Waals surface area contributed by atoms with Gasteiger partial charge >= 0.3 is 5.97 Å². The van der Waals surface area contributed by atoms with Crippen LogP contribution in [-0.4, -0.2) is 67.8 Å². The highest BCUT2D eigenvalue weighted by atomic mass is 19.1. The number of carbonyl (C=O) groups is 1. The molecule has 12 heteroatoms. The van der Waals surface area contributed by atoms with Crippen molar-refractivity contribution in [3.63, 3.8) is 0 Å². The number of aromatic amines is 2. The monoisotopic (exact) mass is 507 g/mol. The van der Waals surface area contributed by atoms with Crippen LogP contribution in [0.1, 0.15) is 21.7 Å². The van der Waals surface area contributed by atoms with Gasteiger partial charge in [0, 0.05) is 35.3 Å². The van der Waals surface area contributed by atoms with E-state index >= 15 is 4.39 Å². The fourth-order valence-electron chi connectivity index (χ4n) is 4.15. The van der Waals surface area contributed by atoms with Gasteiger partial charge in [0.05, 0.1) is 35.0 Å². The molecule has 0 aliphatic carbocycles. The van der Waals surface area contributed by atoms with Crippen LogP contribution in [0.15, 0.2) is 41.5 Å². The van der Waals surface area contributed by atoms with E-state index in [9.17, 15) is 14.0 Å². The molecule has 0 unspecified atom stereocenters. The van der Waals surface area contributed by atoms with E-state index in [1.807, 2.05) is 19.0 Å². The second-order valence-corrected chi connectivity index (χ2v) is 8.83. The van der Waals surface area contributed by atoms with Gasteiger partial charge in [-0.2, -0.15) is 14.5 Å². The van der Waals surface area contributed by atoms with Crippen molar-refractivity contribution in [2.24, 2.45) is 0 Å². The van der Waals surface area contributed by atoms with Crippen LogP contribution in [0.2, 0.25) is 0 Å². The molecule has 10 nitrogen and oxygen atoms in total. The van der Waals surface area contributed by atoms with E-state index in [0.717, 1.165) is 0 Å². The summed E-state index contributed by atoms with van der Waals surface area (Å²) in [5.41, 5.74) is 0.694. The van der Waals surface area contributed by atoms with Crippen LogP contribution in [0.3, 0.4) is 0 Å². The third-order valence-electron chi connectivity index (χ3n) is 6.00. The number of rotatable bonds is 7. The highest BCUT2D eigenvalue weighted by Crippen LogP contribution is 2.35. The molecule has 5 aromatic heterocycles. The number of esters is 1. The maximum absolute atomic E-state index is 15.0. The molecular weight excluding hydrogens is 484 g/mol. The molecule has 5 aromatic rings. The van der Waals surface area contributed by atoms with E-state index in [1.165, 1.54) is 36.0 Å². The Morgan fingerprint density at radius 1 is 1.22 bits per heavy atom. The number of pyridine rings is 3. The zero-order valence-corrected chi connectivity index (χ0v) is 20.3. The predicted octanol–water partition coefficient (Wildman–Crippen LogP) is 3.02. The minimum absolute atomic E-state index is 0.0466. The molecule has 0 bridgehead atoms. The smallest absolute Gasteiger partial charge is 0.355 e. The predicted molar refractivity (Wildman–Crippen MR) is 132 cm³/mol. The number of ether oxygens (including phenoxy) is 1. The summed E-state index contributed by atoms with van der Waals surface area (Å²) < 4.78 is 36.7. The SMILES string of the molecule is Cc1nc2c(-c3ccc[nH]c3=O)c(C(=O)OCCN(C)C)n(Cc3cc4cn[nH]c4nc3F)c2cc1F. The minimum Gasteiger partial charge on any atom is -0.460 e. The molecule has 190 valence electrons. The van der Waals surface area contributed by atoms with Crippen molar-refractivity contribution in [3.05, 3.63) is 75.7 Å². The average Bonchev–Trinajstić information content (AvgIpc) is 3.42. The van der Waals surface area contributed by atoms with E-state index in [2.05, 4.69) is 25.1 Å². The molecule has 0 amide bonds. The first-order valence-corrected chi connectivity index (χ1v) is 11.4. The summed E-state index contributed by atoms with van der Waals surface area (Å²) >= 11 is 0. The van der Waals surface area contributed by atoms with Crippen LogP contribution in [0, 0.1) is 18.7 Å². The lowest BCUT2D eigenvalue weighted by atomic mass is 10.1. The van der Waals surface area contributed by atoms with Gasteiger partial charge in [0.15, 0.2) is 5.65 Å². The van der Waals surface area contributed by atoms with Gasteiger partial charge in [0.1, 0.15) is 18.1 Å². The van der Waals surface area contributed by atoms with E-state index < -0.39 is 23.3 Å². The maximum atomic E-state index is 15.0. The molecule has 0 aliphatic rings. The largest absolute Gasteiger partial charge is 0.460 e. The summed E-state index contributed by atoms with van der Waals surface area (Å²) in [6.07, 6.45) is 2.95. The summed E-state index contributed by atoms with van der Waals surface area (Å²) in [6, 6.07) is 5.90. The van der Waals surface area contributed by atoms with Gasteiger partial charge in [-0.25, -0.2) is 14.2 Å². The third-order valence-corrected chi connectivity index (χ3v) is 6.00. The summed E-state index contributed by atoms with van der Waals surface area (Å²) in [7, 11) is 3.66. The molecule has 0 aliphatic heterocycles. The zero-order chi connectivity index (χ0) is 26.3. The van der Waals surface area contributed by atoms with Gasteiger partial charge in [0.2, 0.25) is 5.95 Å². The van der Waals surface area contributed by atoms with Gasteiger partial charge in [-0.3, -0.25) is 9.89 Å². The molecule has 0 fully saturated rings. The number of halogens is 2. The molecule has 0 atom stereocenters. The second-order valence-electron chi connectivity index (χ2n) is 8.83. The van der Waals surface area contributed by atoms with Crippen molar-refractivity contribution in [1.82, 2.24) is 34.6 Å². The Labute approximate surface area is 208 Å². The first kappa shape index (κ1) is 24.3. The van der Waals surface area contributed by atoms with Crippen molar-refractivity contribution in [1.29, 1.82) is 0 Å².